The van der Waals surface area contributed by atoms with E-state index < -0.39 is 11.0 Å². The molecule has 1 heterocycles. The van der Waals surface area contributed by atoms with E-state index >= 15 is 0 Å². The van der Waals surface area contributed by atoms with Crippen LogP contribution in [0.15, 0.2) is 18.2 Å². The summed E-state index contributed by atoms with van der Waals surface area (Å²) in [6, 6.07) is 4.37. The molecule has 2 rings (SSSR count). The number of nitro benzene ring substituents is 1. The van der Waals surface area contributed by atoms with Gasteiger partial charge in [0.25, 0.3) is 5.69 Å². The second kappa shape index (κ2) is 6.17. The highest BCUT2D eigenvalue weighted by Gasteiger charge is 2.28. The Bertz CT molecular complexity index is 492. The summed E-state index contributed by atoms with van der Waals surface area (Å²) in [5, 5.41) is 30.1. The first kappa shape index (κ1) is 14.7. The zero-order chi connectivity index (χ0) is 14.7. The van der Waals surface area contributed by atoms with Crippen molar-refractivity contribution in [3.63, 3.8) is 0 Å². The summed E-state index contributed by atoms with van der Waals surface area (Å²) in [5.74, 6) is 0. The molecule has 0 spiro atoms. The lowest BCUT2D eigenvalue weighted by Gasteiger charge is -2.36. The number of hydrogen-bond donors (Lipinski definition) is 2. The maximum Gasteiger partial charge on any atom is 0.292 e. The summed E-state index contributed by atoms with van der Waals surface area (Å²) in [5.41, 5.74) is 0.875. The third-order valence-electron chi connectivity index (χ3n) is 3.43. The van der Waals surface area contributed by atoms with Crippen molar-refractivity contribution in [2.45, 2.75) is 19.1 Å². The summed E-state index contributed by atoms with van der Waals surface area (Å²) in [6.07, 6.45) is -0.763. The van der Waals surface area contributed by atoms with Gasteiger partial charge in [0, 0.05) is 12.6 Å². The molecule has 0 aliphatic carbocycles. The number of ether oxygens (including phenoxy) is 1. The molecule has 0 aromatic heterocycles. The Hall–Kier alpha value is -1.70. The normalized spacial score (nSPS) is 20.8. The Labute approximate surface area is 116 Å². The maximum absolute atomic E-state index is 11.2. The van der Waals surface area contributed by atoms with Gasteiger partial charge in [0.15, 0.2) is 0 Å². The highest BCUT2D eigenvalue weighted by Crippen LogP contribution is 2.33. The lowest BCUT2D eigenvalue weighted by atomic mass is 10.1. The van der Waals surface area contributed by atoms with Crippen molar-refractivity contribution in [1.29, 1.82) is 0 Å². The predicted octanol–water partition coefficient (Wildman–Crippen LogP) is 0.846. The molecular weight excluding hydrogens is 264 g/mol. The van der Waals surface area contributed by atoms with Crippen LogP contribution < -0.4 is 4.90 Å². The van der Waals surface area contributed by atoms with Gasteiger partial charge in [-0.15, -0.1) is 0 Å². The monoisotopic (exact) mass is 282 g/mol. The van der Waals surface area contributed by atoms with Crippen molar-refractivity contribution >= 4 is 11.4 Å². The molecule has 7 nitrogen and oxygen atoms in total. The predicted molar refractivity (Wildman–Crippen MR) is 72.8 cm³/mol. The Morgan fingerprint density at radius 2 is 2.35 bits per heavy atom. The van der Waals surface area contributed by atoms with Crippen molar-refractivity contribution < 1.29 is 19.9 Å². The lowest BCUT2D eigenvalue weighted by Crippen LogP contribution is -2.47. The first-order valence-corrected chi connectivity index (χ1v) is 6.46. The summed E-state index contributed by atoms with van der Waals surface area (Å²) < 4.78 is 5.28. The molecule has 2 atom stereocenters. The third kappa shape index (κ3) is 2.90. The Morgan fingerprint density at radius 1 is 1.60 bits per heavy atom. The molecule has 20 heavy (non-hydrogen) atoms. The minimum atomic E-state index is -0.763. The van der Waals surface area contributed by atoms with Crippen molar-refractivity contribution in [3.05, 3.63) is 33.9 Å². The number of aliphatic hydroxyl groups excluding tert-OH is 2. The third-order valence-corrected chi connectivity index (χ3v) is 3.43. The second-order valence-corrected chi connectivity index (χ2v) is 4.79. The fraction of sp³-hybridized carbons (Fsp3) is 0.538. The quantitative estimate of drug-likeness (QED) is 0.627. The largest absolute Gasteiger partial charge is 0.394 e. The van der Waals surface area contributed by atoms with Crippen molar-refractivity contribution in [2.75, 3.05) is 31.3 Å². The van der Waals surface area contributed by atoms with Crippen LogP contribution in [0.4, 0.5) is 11.4 Å². The molecule has 1 aliphatic heterocycles. The van der Waals surface area contributed by atoms with Gasteiger partial charge >= 0.3 is 0 Å². The van der Waals surface area contributed by atoms with Crippen LogP contribution in [0.25, 0.3) is 0 Å². The molecule has 1 aliphatic rings. The summed E-state index contributed by atoms with van der Waals surface area (Å²) in [7, 11) is 0. The van der Waals surface area contributed by atoms with Gasteiger partial charge in [0.2, 0.25) is 0 Å². The van der Waals surface area contributed by atoms with Gasteiger partial charge in [0.1, 0.15) is 5.69 Å². The zero-order valence-corrected chi connectivity index (χ0v) is 11.2. The topological polar surface area (TPSA) is 96.1 Å². The maximum atomic E-state index is 11.2. The van der Waals surface area contributed by atoms with Crippen LogP contribution in [-0.4, -0.2) is 47.5 Å². The number of nitrogens with zero attached hydrogens (tertiary/aromatic N) is 2. The van der Waals surface area contributed by atoms with E-state index in [1.54, 1.807) is 24.0 Å². The molecule has 1 aromatic carbocycles. The SMILES string of the molecule is CC(O)c1ccc(N2CCOCC2CO)c([N+](=O)[O-])c1. The van der Waals surface area contributed by atoms with Gasteiger partial charge < -0.3 is 19.8 Å². The van der Waals surface area contributed by atoms with E-state index in [-0.39, 0.29) is 18.3 Å². The fourth-order valence-electron chi connectivity index (χ4n) is 2.31. The van der Waals surface area contributed by atoms with Crippen molar-refractivity contribution in [2.24, 2.45) is 0 Å². The molecule has 1 aromatic rings. The Kier molecular flexibility index (Phi) is 4.53. The Balaban J connectivity index is 2.41. The molecule has 0 saturated carbocycles. The van der Waals surface area contributed by atoms with Gasteiger partial charge in [-0.05, 0) is 18.6 Å². The van der Waals surface area contributed by atoms with Crippen LogP contribution in [-0.2, 0) is 4.74 Å². The molecule has 1 saturated heterocycles. The van der Waals surface area contributed by atoms with Crippen LogP contribution in [0, 0.1) is 10.1 Å². The van der Waals surface area contributed by atoms with E-state index in [1.165, 1.54) is 6.07 Å². The van der Waals surface area contributed by atoms with Gasteiger partial charge in [-0.25, -0.2) is 0 Å². The highest BCUT2D eigenvalue weighted by molar-refractivity contribution is 5.65. The van der Waals surface area contributed by atoms with E-state index in [2.05, 4.69) is 0 Å². The summed E-state index contributed by atoms with van der Waals surface area (Å²) in [4.78, 5) is 12.6. The van der Waals surface area contributed by atoms with E-state index in [1.807, 2.05) is 0 Å². The first-order chi connectivity index (χ1) is 9.54. The molecule has 0 radical (unpaired) electrons. The number of hydrogen-bond acceptors (Lipinski definition) is 6. The van der Waals surface area contributed by atoms with E-state index in [9.17, 15) is 20.3 Å². The number of aliphatic hydroxyl groups is 2. The number of rotatable bonds is 4. The second-order valence-electron chi connectivity index (χ2n) is 4.79. The molecule has 110 valence electrons. The molecule has 0 bridgehead atoms. The smallest absolute Gasteiger partial charge is 0.292 e. The van der Waals surface area contributed by atoms with Crippen LogP contribution in [0.1, 0.15) is 18.6 Å². The van der Waals surface area contributed by atoms with Crippen molar-refractivity contribution in [3.8, 4) is 0 Å². The van der Waals surface area contributed by atoms with Gasteiger partial charge in [-0.1, -0.05) is 6.07 Å². The van der Waals surface area contributed by atoms with Gasteiger partial charge in [-0.3, -0.25) is 10.1 Å². The van der Waals surface area contributed by atoms with Crippen molar-refractivity contribution in [1.82, 2.24) is 0 Å². The minimum Gasteiger partial charge on any atom is -0.394 e. The van der Waals surface area contributed by atoms with E-state index in [0.29, 0.717) is 31.0 Å². The number of benzene rings is 1. The molecule has 2 unspecified atom stereocenters. The van der Waals surface area contributed by atoms with Crippen LogP contribution >= 0.6 is 0 Å². The fourth-order valence-corrected chi connectivity index (χ4v) is 2.31. The number of anilines is 1. The lowest BCUT2D eigenvalue weighted by molar-refractivity contribution is -0.384. The van der Waals surface area contributed by atoms with E-state index in [4.69, 9.17) is 4.74 Å². The van der Waals surface area contributed by atoms with Gasteiger partial charge in [0.05, 0.1) is 36.9 Å². The zero-order valence-electron chi connectivity index (χ0n) is 11.2. The average Bonchev–Trinajstić information content (AvgIpc) is 2.46. The van der Waals surface area contributed by atoms with E-state index in [0.717, 1.165) is 0 Å². The average molecular weight is 282 g/mol. The molecule has 7 heteroatoms. The highest BCUT2D eigenvalue weighted by atomic mass is 16.6. The number of morpholine rings is 1. The Morgan fingerprint density at radius 3 is 2.95 bits per heavy atom. The summed E-state index contributed by atoms with van der Waals surface area (Å²) >= 11 is 0. The van der Waals surface area contributed by atoms with Crippen LogP contribution in [0.2, 0.25) is 0 Å². The van der Waals surface area contributed by atoms with Crippen LogP contribution in [0.5, 0.6) is 0 Å². The number of nitro groups is 1. The first-order valence-electron chi connectivity index (χ1n) is 6.46. The molecule has 2 N–H and O–H groups in total. The molecule has 1 fully saturated rings. The molecular formula is C13H18N2O5. The molecule has 0 amide bonds. The van der Waals surface area contributed by atoms with Gasteiger partial charge in [-0.2, -0.15) is 0 Å². The minimum absolute atomic E-state index is 0.0660. The van der Waals surface area contributed by atoms with Crippen LogP contribution in [0.3, 0.4) is 0 Å². The summed E-state index contributed by atoms with van der Waals surface area (Å²) in [6.45, 7) is 2.72. The standard InChI is InChI=1S/C13H18N2O5/c1-9(17)10-2-3-12(13(6-10)15(18)19)14-4-5-20-8-11(14)7-16/h2-3,6,9,11,16-17H,4-5,7-8H2,1H3.